The molecule has 5 nitrogen and oxygen atoms in total. The first-order valence-electron chi connectivity index (χ1n) is 7.98. The highest BCUT2D eigenvalue weighted by molar-refractivity contribution is 6.33. The van der Waals surface area contributed by atoms with Gasteiger partial charge in [0, 0.05) is 25.1 Å². The Morgan fingerprint density at radius 2 is 1.88 bits per heavy atom. The number of carbonyl (C=O) groups is 1. The molecular weight excluding hydrogens is 340 g/mol. The minimum atomic E-state index is -0.0717. The van der Waals surface area contributed by atoms with Crippen LogP contribution in [-0.4, -0.2) is 38.6 Å². The molecule has 2 aromatic rings. The SMILES string of the molecule is COc1cccc(CN(C)CCC(=O)Nc2ccccc2Cl)c1OC. The van der Waals surface area contributed by atoms with E-state index < -0.39 is 0 Å². The summed E-state index contributed by atoms with van der Waals surface area (Å²) >= 11 is 6.05. The molecule has 0 unspecified atom stereocenters. The number of amides is 1. The number of halogens is 1. The average Bonchev–Trinajstić information content (AvgIpc) is 2.61. The standard InChI is InChI=1S/C19H23ClN2O3/c1-22(13-14-7-6-10-17(24-2)19(14)25-3)12-11-18(23)21-16-9-5-4-8-15(16)20/h4-10H,11-13H2,1-3H3,(H,21,23). The Morgan fingerprint density at radius 1 is 1.12 bits per heavy atom. The molecule has 6 heteroatoms. The molecule has 0 aliphatic heterocycles. The van der Waals surface area contributed by atoms with Gasteiger partial charge >= 0.3 is 0 Å². The maximum Gasteiger partial charge on any atom is 0.225 e. The molecule has 0 aromatic heterocycles. The Bertz CT molecular complexity index is 722. The van der Waals surface area contributed by atoms with Crippen molar-refractivity contribution in [1.82, 2.24) is 4.90 Å². The van der Waals surface area contributed by atoms with Crippen LogP contribution in [0.15, 0.2) is 42.5 Å². The van der Waals surface area contributed by atoms with Crippen molar-refractivity contribution in [3.8, 4) is 11.5 Å². The van der Waals surface area contributed by atoms with Crippen molar-refractivity contribution >= 4 is 23.2 Å². The van der Waals surface area contributed by atoms with Gasteiger partial charge in [-0.05, 0) is 25.2 Å². The number of benzene rings is 2. The van der Waals surface area contributed by atoms with Crippen LogP contribution in [0, 0.1) is 0 Å². The van der Waals surface area contributed by atoms with E-state index in [4.69, 9.17) is 21.1 Å². The van der Waals surface area contributed by atoms with E-state index in [1.807, 2.05) is 37.4 Å². The summed E-state index contributed by atoms with van der Waals surface area (Å²) in [4.78, 5) is 14.2. The Morgan fingerprint density at radius 3 is 2.56 bits per heavy atom. The van der Waals surface area contributed by atoms with Gasteiger partial charge in [0.2, 0.25) is 5.91 Å². The second-order valence-corrected chi connectivity index (χ2v) is 6.08. The maximum absolute atomic E-state index is 12.1. The van der Waals surface area contributed by atoms with Crippen LogP contribution in [0.1, 0.15) is 12.0 Å². The number of nitrogens with one attached hydrogen (secondary N) is 1. The van der Waals surface area contributed by atoms with Crippen LogP contribution >= 0.6 is 11.6 Å². The third-order valence-electron chi connectivity index (χ3n) is 3.79. The first-order chi connectivity index (χ1) is 12.0. The van der Waals surface area contributed by atoms with Crippen molar-refractivity contribution in [3.63, 3.8) is 0 Å². The summed E-state index contributed by atoms with van der Waals surface area (Å²) in [6.45, 7) is 1.26. The van der Waals surface area contributed by atoms with Crippen molar-refractivity contribution in [2.75, 3.05) is 33.1 Å². The fourth-order valence-electron chi connectivity index (χ4n) is 2.52. The van der Waals surface area contributed by atoms with Gasteiger partial charge in [-0.2, -0.15) is 0 Å². The van der Waals surface area contributed by atoms with E-state index in [2.05, 4.69) is 10.2 Å². The summed E-state index contributed by atoms with van der Waals surface area (Å²) in [7, 11) is 5.20. The van der Waals surface area contributed by atoms with Gasteiger partial charge in [0.25, 0.3) is 0 Å². The number of anilines is 1. The lowest BCUT2D eigenvalue weighted by Crippen LogP contribution is -2.24. The minimum absolute atomic E-state index is 0.0717. The number of hydrogen-bond donors (Lipinski definition) is 1. The number of rotatable bonds is 8. The normalized spacial score (nSPS) is 10.6. The number of methoxy groups -OCH3 is 2. The molecule has 0 radical (unpaired) electrons. The van der Waals surface area contributed by atoms with Crippen molar-refractivity contribution in [2.45, 2.75) is 13.0 Å². The largest absolute Gasteiger partial charge is 0.493 e. The summed E-state index contributed by atoms with van der Waals surface area (Å²) < 4.78 is 10.8. The third kappa shape index (κ3) is 5.37. The Hall–Kier alpha value is -2.24. The Labute approximate surface area is 153 Å². The number of carbonyl (C=O) groups excluding carboxylic acids is 1. The van der Waals surface area contributed by atoms with Crippen LogP contribution < -0.4 is 14.8 Å². The first-order valence-corrected chi connectivity index (χ1v) is 8.35. The van der Waals surface area contributed by atoms with E-state index in [-0.39, 0.29) is 5.91 Å². The number of para-hydroxylation sites is 2. The smallest absolute Gasteiger partial charge is 0.225 e. The predicted molar refractivity (Wildman–Crippen MR) is 101 cm³/mol. The van der Waals surface area contributed by atoms with E-state index in [0.717, 1.165) is 11.3 Å². The molecule has 2 aromatic carbocycles. The third-order valence-corrected chi connectivity index (χ3v) is 4.12. The molecule has 25 heavy (non-hydrogen) atoms. The molecular formula is C19H23ClN2O3. The van der Waals surface area contributed by atoms with Gasteiger partial charge in [-0.25, -0.2) is 0 Å². The highest BCUT2D eigenvalue weighted by Gasteiger charge is 2.12. The van der Waals surface area contributed by atoms with Crippen molar-refractivity contribution in [3.05, 3.63) is 53.1 Å². The van der Waals surface area contributed by atoms with Crippen LogP contribution in [0.25, 0.3) is 0 Å². The van der Waals surface area contributed by atoms with Crippen molar-refractivity contribution < 1.29 is 14.3 Å². The molecule has 1 amide bonds. The molecule has 0 atom stereocenters. The van der Waals surface area contributed by atoms with Gasteiger partial charge in [0.05, 0.1) is 24.9 Å². The number of hydrogen-bond acceptors (Lipinski definition) is 4. The molecule has 134 valence electrons. The topological polar surface area (TPSA) is 50.8 Å². The summed E-state index contributed by atoms with van der Waals surface area (Å²) in [6.07, 6.45) is 0.369. The van der Waals surface area contributed by atoms with Crippen LogP contribution in [0.2, 0.25) is 5.02 Å². The minimum Gasteiger partial charge on any atom is -0.493 e. The fourth-order valence-corrected chi connectivity index (χ4v) is 2.70. The lowest BCUT2D eigenvalue weighted by atomic mass is 10.1. The molecule has 0 aliphatic carbocycles. The van der Waals surface area contributed by atoms with Gasteiger partial charge in [-0.1, -0.05) is 35.9 Å². The average molecular weight is 363 g/mol. The maximum atomic E-state index is 12.1. The van der Waals surface area contributed by atoms with Gasteiger partial charge < -0.3 is 19.7 Å². The molecule has 0 fully saturated rings. The highest BCUT2D eigenvalue weighted by Crippen LogP contribution is 2.31. The highest BCUT2D eigenvalue weighted by atomic mass is 35.5. The first kappa shape index (κ1) is 19.1. The lowest BCUT2D eigenvalue weighted by Gasteiger charge is -2.19. The molecule has 1 N–H and O–H groups in total. The van der Waals surface area contributed by atoms with Crippen molar-refractivity contribution in [2.24, 2.45) is 0 Å². The number of ether oxygens (including phenoxy) is 2. The van der Waals surface area contributed by atoms with Crippen molar-refractivity contribution in [1.29, 1.82) is 0 Å². The molecule has 0 saturated carbocycles. The summed E-state index contributed by atoms with van der Waals surface area (Å²) in [5.41, 5.74) is 1.64. The lowest BCUT2D eigenvalue weighted by molar-refractivity contribution is -0.116. The molecule has 0 bridgehead atoms. The fraction of sp³-hybridized carbons (Fsp3) is 0.316. The van der Waals surface area contributed by atoms with Gasteiger partial charge in [-0.15, -0.1) is 0 Å². The van der Waals surface area contributed by atoms with Crippen LogP contribution in [0.5, 0.6) is 11.5 Å². The summed E-state index contributed by atoms with van der Waals surface area (Å²) in [5, 5.41) is 3.36. The second kappa shape index (κ2) is 9.30. The van der Waals surface area contributed by atoms with Crippen LogP contribution in [0.4, 0.5) is 5.69 Å². The molecule has 0 saturated heterocycles. The van der Waals surface area contributed by atoms with Gasteiger partial charge in [0.1, 0.15) is 0 Å². The zero-order chi connectivity index (χ0) is 18.2. The van der Waals surface area contributed by atoms with Crippen LogP contribution in [-0.2, 0) is 11.3 Å². The molecule has 0 heterocycles. The van der Waals surface area contributed by atoms with E-state index >= 15 is 0 Å². The zero-order valence-electron chi connectivity index (χ0n) is 14.7. The molecule has 0 spiro atoms. The monoisotopic (exact) mass is 362 g/mol. The molecule has 0 aliphatic rings. The summed E-state index contributed by atoms with van der Waals surface area (Å²) in [5.74, 6) is 1.35. The van der Waals surface area contributed by atoms with E-state index in [0.29, 0.717) is 36.0 Å². The molecule has 2 rings (SSSR count). The Balaban J connectivity index is 1.90. The Kier molecular flexibility index (Phi) is 7.10. The predicted octanol–water partition coefficient (Wildman–Crippen LogP) is 3.82. The van der Waals surface area contributed by atoms with Gasteiger partial charge in [-0.3, -0.25) is 4.79 Å². The van der Waals surface area contributed by atoms with Gasteiger partial charge in [0.15, 0.2) is 11.5 Å². The second-order valence-electron chi connectivity index (χ2n) is 5.67. The van der Waals surface area contributed by atoms with E-state index in [1.54, 1.807) is 26.4 Å². The summed E-state index contributed by atoms with van der Waals surface area (Å²) in [6, 6.07) is 13.0. The quantitative estimate of drug-likeness (QED) is 0.775. The van der Waals surface area contributed by atoms with E-state index in [9.17, 15) is 4.79 Å². The number of nitrogens with zero attached hydrogens (tertiary/aromatic N) is 1. The van der Waals surface area contributed by atoms with Crippen LogP contribution in [0.3, 0.4) is 0 Å². The van der Waals surface area contributed by atoms with E-state index in [1.165, 1.54) is 0 Å². The zero-order valence-corrected chi connectivity index (χ0v) is 15.5.